The maximum atomic E-state index is 13.9. The highest BCUT2D eigenvalue weighted by Gasteiger charge is 2.33. The van der Waals surface area contributed by atoms with E-state index >= 15 is 0 Å². The standard InChI is InChI=1S/C29H30Cl2FN3O4S/c1-20(29(37)33-23-7-5-6-8-23)34(18-21-11-13-22(32)14-12-21)28(36)19-35(24-15-16-26(30)27(31)17-24)40(38,39)25-9-3-2-4-10-25/h2-4,9-17,20,23H,5-8,18-19H2,1H3,(H,33,37)/t20-/m1/s1. The third-order valence-corrected chi connectivity index (χ3v) is 9.46. The van der Waals surface area contributed by atoms with Crippen LogP contribution in [0, 0.1) is 5.82 Å². The van der Waals surface area contributed by atoms with E-state index < -0.39 is 34.3 Å². The lowest BCUT2D eigenvalue weighted by Gasteiger charge is -2.32. The zero-order chi connectivity index (χ0) is 28.9. The number of hydrogen-bond acceptors (Lipinski definition) is 4. The summed E-state index contributed by atoms with van der Waals surface area (Å²) in [6.45, 7) is 0.956. The highest BCUT2D eigenvalue weighted by Crippen LogP contribution is 2.31. The molecule has 1 atom stereocenters. The second kappa shape index (κ2) is 13.0. The van der Waals surface area contributed by atoms with E-state index in [2.05, 4.69) is 5.32 Å². The van der Waals surface area contributed by atoms with Crippen LogP contribution in [0.3, 0.4) is 0 Å². The van der Waals surface area contributed by atoms with Crippen molar-refractivity contribution in [3.63, 3.8) is 0 Å². The first-order chi connectivity index (χ1) is 19.1. The third-order valence-electron chi connectivity index (χ3n) is 6.94. The summed E-state index contributed by atoms with van der Waals surface area (Å²) in [6, 6.07) is 16.7. The van der Waals surface area contributed by atoms with Gasteiger partial charge in [-0.2, -0.15) is 0 Å². The van der Waals surface area contributed by atoms with Crippen LogP contribution in [0.15, 0.2) is 77.7 Å². The van der Waals surface area contributed by atoms with Crippen LogP contribution in [0.1, 0.15) is 38.2 Å². The number of rotatable bonds is 10. The van der Waals surface area contributed by atoms with Crippen molar-refractivity contribution in [2.75, 3.05) is 10.8 Å². The Hall–Kier alpha value is -3.14. The molecule has 1 N–H and O–H groups in total. The van der Waals surface area contributed by atoms with Gasteiger partial charge in [0.25, 0.3) is 10.0 Å². The number of hydrogen-bond donors (Lipinski definition) is 1. The molecular formula is C29H30Cl2FN3O4S. The van der Waals surface area contributed by atoms with E-state index in [1.54, 1.807) is 25.1 Å². The lowest BCUT2D eigenvalue weighted by molar-refractivity contribution is -0.139. The molecule has 3 aromatic carbocycles. The zero-order valence-electron chi connectivity index (χ0n) is 21.9. The minimum atomic E-state index is -4.22. The summed E-state index contributed by atoms with van der Waals surface area (Å²) in [4.78, 5) is 28.4. The quantitative estimate of drug-likeness (QED) is 0.316. The van der Waals surface area contributed by atoms with Gasteiger partial charge in [-0.1, -0.05) is 66.4 Å². The van der Waals surface area contributed by atoms with E-state index in [1.807, 2.05) is 0 Å². The second-order valence-corrected chi connectivity index (χ2v) is 12.4. The van der Waals surface area contributed by atoms with Gasteiger partial charge >= 0.3 is 0 Å². The lowest BCUT2D eigenvalue weighted by atomic mass is 10.1. The monoisotopic (exact) mass is 605 g/mol. The fourth-order valence-corrected chi connectivity index (χ4v) is 6.37. The number of nitrogens with zero attached hydrogens (tertiary/aromatic N) is 2. The molecular weight excluding hydrogens is 576 g/mol. The van der Waals surface area contributed by atoms with Gasteiger partial charge in [0, 0.05) is 12.6 Å². The normalized spacial score (nSPS) is 14.5. The molecule has 4 rings (SSSR count). The maximum Gasteiger partial charge on any atom is 0.264 e. The Labute approximate surface area is 243 Å². The summed E-state index contributed by atoms with van der Waals surface area (Å²) in [5.74, 6) is -1.40. The summed E-state index contributed by atoms with van der Waals surface area (Å²) < 4.78 is 42.1. The first-order valence-electron chi connectivity index (χ1n) is 12.9. The molecule has 0 saturated heterocycles. The van der Waals surface area contributed by atoms with E-state index in [9.17, 15) is 22.4 Å². The molecule has 2 amide bonds. The number of anilines is 1. The van der Waals surface area contributed by atoms with Gasteiger partial charge in [0.15, 0.2) is 0 Å². The Kier molecular flexibility index (Phi) is 9.71. The summed E-state index contributed by atoms with van der Waals surface area (Å²) in [5, 5.41) is 3.35. The van der Waals surface area contributed by atoms with Gasteiger partial charge in [-0.15, -0.1) is 0 Å². The number of carbonyl (C=O) groups is 2. The predicted octanol–water partition coefficient (Wildman–Crippen LogP) is 5.80. The first kappa shape index (κ1) is 29.8. The minimum Gasteiger partial charge on any atom is -0.352 e. The van der Waals surface area contributed by atoms with E-state index in [0.29, 0.717) is 5.56 Å². The molecule has 0 heterocycles. The average molecular weight is 607 g/mol. The molecule has 40 heavy (non-hydrogen) atoms. The Morgan fingerprint density at radius 2 is 1.62 bits per heavy atom. The van der Waals surface area contributed by atoms with E-state index in [1.165, 1.54) is 59.5 Å². The van der Waals surface area contributed by atoms with E-state index in [4.69, 9.17) is 23.2 Å². The van der Waals surface area contributed by atoms with Crippen molar-refractivity contribution < 1.29 is 22.4 Å². The Morgan fingerprint density at radius 1 is 0.975 bits per heavy atom. The van der Waals surface area contributed by atoms with Crippen molar-refractivity contribution in [2.24, 2.45) is 0 Å². The number of amides is 2. The van der Waals surface area contributed by atoms with Crippen LogP contribution >= 0.6 is 23.2 Å². The minimum absolute atomic E-state index is 0.0222. The van der Waals surface area contributed by atoms with Crippen LogP contribution < -0.4 is 9.62 Å². The Bertz CT molecular complexity index is 1450. The maximum absolute atomic E-state index is 13.9. The van der Waals surface area contributed by atoms with Gasteiger partial charge < -0.3 is 10.2 Å². The molecule has 1 saturated carbocycles. The van der Waals surface area contributed by atoms with Gasteiger partial charge in [-0.3, -0.25) is 13.9 Å². The molecule has 0 bridgehead atoms. The summed E-state index contributed by atoms with van der Waals surface area (Å²) >= 11 is 12.3. The second-order valence-electron chi connectivity index (χ2n) is 9.74. The van der Waals surface area contributed by atoms with Crippen LogP contribution in [-0.2, 0) is 26.2 Å². The van der Waals surface area contributed by atoms with Crippen molar-refractivity contribution >= 4 is 50.7 Å². The van der Waals surface area contributed by atoms with Crippen molar-refractivity contribution in [3.8, 4) is 0 Å². The van der Waals surface area contributed by atoms with Crippen LogP contribution in [0.25, 0.3) is 0 Å². The molecule has 11 heteroatoms. The molecule has 1 fully saturated rings. The molecule has 0 aromatic heterocycles. The third kappa shape index (κ3) is 7.13. The molecule has 3 aromatic rings. The zero-order valence-corrected chi connectivity index (χ0v) is 24.2. The van der Waals surface area contributed by atoms with Crippen LogP contribution in [0.2, 0.25) is 10.0 Å². The van der Waals surface area contributed by atoms with Gasteiger partial charge in [0.1, 0.15) is 18.4 Å². The lowest BCUT2D eigenvalue weighted by Crippen LogP contribution is -2.52. The number of carbonyl (C=O) groups excluding carboxylic acids is 2. The molecule has 0 radical (unpaired) electrons. The molecule has 212 valence electrons. The fourth-order valence-electron chi connectivity index (χ4n) is 4.65. The van der Waals surface area contributed by atoms with Gasteiger partial charge in [0.05, 0.1) is 20.6 Å². The van der Waals surface area contributed by atoms with Gasteiger partial charge in [-0.25, -0.2) is 12.8 Å². The molecule has 0 unspecified atom stereocenters. The number of benzene rings is 3. The van der Waals surface area contributed by atoms with Crippen molar-refractivity contribution in [2.45, 2.75) is 56.1 Å². The van der Waals surface area contributed by atoms with Gasteiger partial charge in [0.2, 0.25) is 11.8 Å². The highest BCUT2D eigenvalue weighted by atomic mass is 35.5. The SMILES string of the molecule is C[C@H](C(=O)NC1CCCC1)N(Cc1ccc(F)cc1)C(=O)CN(c1ccc(Cl)c(Cl)c1)S(=O)(=O)c1ccccc1. The summed E-state index contributed by atoms with van der Waals surface area (Å²) in [5.41, 5.74) is 0.721. The van der Waals surface area contributed by atoms with Gasteiger partial charge in [-0.05, 0) is 67.8 Å². The Balaban J connectivity index is 1.69. The Morgan fingerprint density at radius 3 is 2.25 bits per heavy atom. The molecule has 1 aliphatic rings. The summed E-state index contributed by atoms with van der Waals surface area (Å²) in [6.07, 6.45) is 3.77. The van der Waals surface area contributed by atoms with Crippen LogP contribution in [0.5, 0.6) is 0 Å². The smallest absolute Gasteiger partial charge is 0.264 e. The average Bonchev–Trinajstić information content (AvgIpc) is 3.46. The van der Waals surface area contributed by atoms with Crippen molar-refractivity contribution in [1.29, 1.82) is 0 Å². The van der Waals surface area contributed by atoms with Crippen LogP contribution in [-0.4, -0.2) is 43.8 Å². The van der Waals surface area contributed by atoms with Crippen LogP contribution in [0.4, 0.5) is 10.1 Å². The molecule has 1 aliphatic carbocycles. The fraction of sp³-hybridized carbons (Fsp3) is 0.310. The van der Waals surface area contributed by atoms with E-state index in [0.717, 1.165) is 30.0 Å². The number of halogens is 3. The number of sulfonamides is 1. The highest BCUT2D eigenvalue weighted by molar-refractivity contribution is 7.92. The predicted molar refractivity (Wildman–Crippen MR) is 154 cm³/mol. The molecule has 7 nitrogen and oxygen atoms in total. The van der Waals surface area contributed by atoms with Crippen molar-refractivity contribution in [3.05, 3.63) is 94.2 Å². The van der Waals surface area contributed by atoms with E-state index in [-0.39, 0.29) is 39.1 Å². The first-order valence-corrected chi connectivity index (χ1v) is 15.1. The molecule has 0 spiro atoms. The topological polar surface area (TPSA) is 86.8 Å². The largest absolute Gasteiger partial charge is 0.352 e. The molecule has 0 aliphatic heterocycles. The summed E-state index contributed by atoms with van der Waals surface area (Å²) in [7, 11) is -4.22. The van der Waals surface area contributed by atoms with Crippen molar-refractivity contribution in [1.82, 2.24) is 10.2 Å². The number of nitrogens with one attached hydrogen (secondary N) is 1.